The van der Waals surface area contributed by atoms with Gasteiger partial charge in [0, 0.05) is 11.1 Å². The molecule has 0 aliphatic rings. The Labute approximate surface area is 134 Å². The molecule has 3 aromatic rings. The lowest BCUT2D eigenvalue weighted by atomic mass is 10.1. The van der Waals surface area contributed by atoms with Gasteiger partial charge in [-0.05, 0) is 36.4 Å². The SMILES string of the molecule is N#Cc1ccccc1-c1ccc(/C=C/C(=O)c2ccccc2)o1. The molecule has 0 saturated heterocycles. The zero-order chi connectivity index (χ0) is 16.1. The van der Waals surface area contributed by atoms with Gasteiger partial charge in [0.15, 0.2) is 5.78 Å². The third-order valence-electron chi connectivity index (χ3n) is 3.40. The van der Waals surface area contributed by atoms with Gasteiger partial charge in [-0.3, -0.25) is 4.79 Å². The van der Waals surface area contributed by atoms with Crippen LogP contribution in [0.5, 0.6) is 0 Å². The van der Waals surface area contributed by atoms with Crippen LogP contribution in [0.15, 0.2) is 77.2 Å². The molecule has 3 heteroatoms. The number of hydrogen-bond donors (Lipinski definition) is 0. The summed E-state index contributed by atoms with van der Waals surface area (Å²) in [4.78, 5) is 12.0. The molecule has 2 aromatic carbocycles. The molecule has 1 heterocycles. The summed E-state index contributed by atoms with van der Waals surface area (Å²) in [5.41, 5.74) is 1.92. The van der Waals surface area contributed by atoms with E-state index in [1.807, 2.05) is 36.4 Å². The van der Waals surface area contributed by atoms with Gasteiger partial charge in [-0.1, -0.05) is 42.5 Å². The van der Waals surface area contributed by atoms with E-state index in [0.717, 1.165) is 5.56 Å². The monoisotopic (exact) mass is 299 g/mol. The number of rotatable bonds is 4. The van der Waals surface area contributed by atoms with Crippen LogP contribution < -0.4 is 0 Å². The quantitative estimate of drug-likeness (QED) is 0.517. The van der Waals surface area contributed by atoms with Gasteiger partial charge in [0.05, 0.1) is 11.6 Å². The number of allylic oxidation sites excluding steroid dienone is 1. The van der Waals surface area contributed by atoms with Gasteiger partial charge >= 0.3 is 0 Å². The van der Waals surface area contributed by atoms with Crippen molar-refractivity contribution in [2.45, 2.75) is 0 Å². The van der Waals surface area contributed by atoms with Crippen LogP contribution in [0.25, 0.3) is 17.4 Å². The topological polar surface area (TPSA) is 54.0 Å². The zero-order valence-corrected chi connectivity index (χ0v) is 12.3. The highest BCUT2D eigenvalue weighted by Crippen LogP contribution is 2.25. The molecule has 0 radical (unpaired) electrons. The predicted molar refractivity (Wildman–Crippen MR) is 88.7 cm³/mol. The van der Waals surface area contributed by atoms with Crippen LogP contribution in [0, 0.1) is 11.3 Å². The molecule has 0 aliphatic carbocycles. The fraction of sp³-hybridized carbons (Fsp3) is 0. The summed E-state index contributed by atoms with van der Waals surface area (Å²) in [5.74, 6) is 1.09. The molecule has 0 aliphatic heterocycles. The van der Waals surface area contributed by atoms with E-state index in [1.54, 1.807) is 36.4 Å². The molecule has 3 rings (SSSR count). The van der Waals surface area contributed by atoms with E-state index >= 15 is 0 Å². The number of benzene rings is 2. The first-order chi connectivity index (χ1) is 11.3. The Kier molecular flexibility index (Phi) is 4.17. The van der Waals surface area contributed by atoms with Crippen molar-refractivity contribution in [3.05, 3.63) is 89.7 Å². The van der Waals surface area contributed by atoms with Crippen molar-refractivity contribution in [1.29, 1.82) is 5.26 Å². The number of hydrogen-bond acceptors (Lipinski definition) is 3. The highest BCUT2D eigenvalue weighted by Gasteiger charge is 2.08. The first-order valence-corrected chi connectivity index (χ1v) is 7.15. The Balaban J connectivity index is 1.82. The Morgan fingerprint density at radius 3 is 2.48 bits per heavy atom. The Bertz CT molecular complexity index is 899. The molecule has 0 amide bonds. The van der Waals surface area contributed by atoms with Crippen molar-refractivity contribution in [3.8, 4) is 17.4 Å². The van der Waals surface area contributed by atoms with Gasteiger partial charge in [-0.25, -0.2) is 0 Å². The second-order valence-electron chi connectivity index (χ2n) is 4.92. The highest BCUT2D eigenvalue weighted by molar-refractivity contribution is 6.06. The number of carbonyl (C=O) groups excluding carboxylic acids is 1. The van der Waals surface area contributed by atoms with Crippen LogP contribution in [0.2, 0.25) is 0 Å². The van der Waals surface area contributed by atoms with E-state index in [1.165, 1.54) is 6.08 Å². The zero-order valence-electron chi connectivity index (χ0n) is 12.3. The standard InChI is InChI=1S/C20H13NO2/c21-14-16-8-4-5-9-18(16)20-13-11-17(23-20)10-12-19(22)15-6-2-1-3-7-15/h1-13H/b12-10+. The molecular weight excluding hydrogens is 286 g/mol. The van der Waals surface area contributed by atoms with Crippen LogP contribution in [0.3, 0.4) is 0 Å². The fourth-order valence-electron chi connectivity index (χ4n) is 2.24. The molecule has 0 bridgehead atoms. The summed E-state index contributed by atoms with van der Waals surface area (Å²) in [6.07, 6.45) is 3.11. The first kappa shape index (κ1) is 14.6. The van der Waals surface area contributed by atoms with Crippen molar-refractivity contribution in [2.75, 3.05) is 0 Å². The predicted octanol–water partition coefficient (Wildman–Crippen LogP) is 4.71. The number of nitrogens with zero attached hydrogens (tertiary/aromatic N) is 1. The van der Waals surface area contributed by atoms with Crippen LogP contribution in [0.4, 0.5) is 0 Å². The Morgan fingerprint density at radius 1 is 0.957 bits per heavy atom. The van der Waals surface area contributed by atoms with E-state index in [-0.39, 0.29) is 5.78 Å². The second-order valence-corrected chi connectivity index (χ2v) is 4.92. The molecule has 0 spiro atoms. The van der Waals surface area contributed by atoms with E-state index < -0.39 is 0 Å². The second kappa shape index (κ2) is 6.59. The smallest absolute Gasteiger partial charge is 0.185 e. The molecule has 1 aromatic heterocycles. The lowest BCUT2D eigenvalue weighted by Gasteiger charge is -1.98. The lowest BCUT2D eigenvalue weighted by molar-refractivity contribution is 0.104. The molecule has 0 fully saturated rings. The van der Waals surface area contributed by atoms with E-state index in [2.05, 4.69) is 6.07 Å². The first-order valence-electron chi connectivity index (χ1n) is 7.15. The van der Waals surface area contributed by atoms with E-state index in [4.69, 9.17) is 9.68 Å². The molecule has 3 nitrogen and oxygen atoms in total. The summed E-state index contributed by atoms with van der Waals surface area (Å²) >= 11 is 0. The third-order valence-corrected chi connectivity index (χ3v) is 3.40. The fourth-order valence-corrected chi connectivity index (χ4v) is 2.24. The van der Waals surface area contributed by atoms with Crippen molar-refractivity contribution in [2.24, 2.45) is 0 Å². The van der Waals surface area contributed by atoms with Crippen LogP contribution in [0.1, 0.15) is 21.7 Å². The lowest BCUT2D eigenvalue weighted by Crippen LogP contribution is -1.92. The minimum Gasteiger partial charge on any atom is -0.457 e. The number of nitriles is 1. The maximum absolute atomic E-state index is 12.0. The summed E-state index contributed by atoms with van der Waals surface area (Å²) in [7, 11) is 0. The van der Waals surface area contributed by atoms with Gasteiger partial charge in [0.1, 0.15) is 11.5 Å². The molecule has 23 heavy (non-hydrogen) atoms. The molecule has 0 atom stereocenters. The largest absolute Gasteiger partial charge is 0.457 e. The summed E-state index contributed by atoms with van der Waals surface area (Å²) in [6.45, 7) is 0. The van der Waals surface area contributed by atoms with Crippen LogP contribution in [-0.2, 0) is 0 Å². The van der Waals surface area contributed by atoms with Crippen LogP contribution in [-0.4, -0.2) is 5.78 Å². The van der Waals surface area contributed by atoms with Gasteiger partial charge in [-0.2, -0.15) is 5.26 Å². The van der Waals surface area contributed by atoms with Gasteiger partial charge < -0.3 is 4.42 Å². The maximum Gasteiger partial charge on any atom is 0.185 e. The Morgan fingerprint density at radius 2 is 1.70 bits per heavy atom. The summed E-state index contributed by atoms with van der Waals surface area (Å²) in [5, 5.41) is 9.14. The van der Waals surface area contributed by atoms with Crippen LogP contribution >= 0.6 is 0 Å². The van der Waals surface area contributed by atoms with Gasteiger partial charge in [-0.15, -0.1) is 0 Å². The minimum absolute atomic E-state index is 0.0824. The van der Waals surface area contributed by atoms with E-state index in [9.17, 15) is 4.79 Å². The Hall–Kier alpha value is -3.38. The van der Waals surface area contributed by atoms with Crippen molar-refractivity contribution in [1.82, 2.24) is 0 Å². The average molecular weight is 299 g/mol. The molecule has 0 unspecified atom stereocenters. The molecule has 0 saturated carbocycles. The molecule has 0 N–H and O–H groups in total. The summed E-state index contributed by atoms with van der Waals surface area (Å²) in [6, 6.07) is 22.0. The summed E-state index contributed by atoms with van der Waals surface area (Å²) < 4.78 is 5.71. The highest BCUT2D eigenvalue weighted by atomic mass is 16.3. The van der Waals surface area contributed by atoms with E-state index in [0.29, 0.717) is 22.6 Å². The average Bonchev–Trinajstić information content (AvgIpc) is 3.09. The van der Waals surface area contributed by atoms with Crippen molar-refractivity contribution >= 4 is 11.9 Å². The third kappa shape index (κ3) is 3.28. The minimum atomic E-state index is -0.0824. The number of carbonyl (C=O) groups is 1. The maximum atomic E-state index is 12.0. The van der Waals surface area contributed by atoms with Gasteiger partial charge in [0.2, 0.25) is 0 Å². The van der Waals surface area contributed by atoms with Crippen molar-refractivity contribution < 1.29 is 9.21 Å². The normalized spacial score (nSPS) is 10.6. The van der Waals surface area contributed by atoms with Crippen molar-refractivity contribution in [3.63, 3.8) is 0 Å². The molecule has 110 valence electrons. The van der Waals surface area contributed by atoms with Gasteiger partial charge in [0.25, 0.3) is 0 Å². The number of furan rings is 1. The number of ketones is 1. The molecular formula is C20H13NO2.